The molecule has 0 bridgehead atoms. The van der Waals surface area contributed by atoms with Crippen LogP contribution in [0, 0.1) is 10.1 Å². The number of methoxy groups -OCH3 is 1. The van der Waals surface area contributed by atoms with Crippen LogP contribution in [0.2, 0.25) is 0 Å². The Labute approximate surface area is 121 Å². The highest BCUT2D eigenvalue weighted by molar-refractivity contribution is 5.76. The highest BCUT2D eigenvalue weighted by atomic mass is 16.6. The summed E-state index contributed by atoms with van der Waals surface area (Å²) in [4.78, 5) is 29.5. The number of nitro groups is 1. The molecule has 0 aliphatic heterocycles. The first kappa shape index (κ1) is 16.6. The fourth-order valence-corrected chi connectivity index (χ4v) is 1.43. The van der Waals surface area contributed by atoms with Gasteiger partial charge in [0.25, 0.3) is 0 Å². The Morgan fingerprint density at radius 3 is 2.86 bits per heavy atom. The molecule has 10 nitrogen and oxygen atoms in total. The fraction of sp³-hybridized carbons (Fsp3) is 0.545. The SMILES string of the molecule is CNc1ncc([N+](=O)[O-])c(NCCC(=O)NCCOC)n1. The lowest BCUT2D eigenvalue weighted by molar-refractivity contribution is -0.384. The molecule has 0 fully saturated rings. The summed E-state index contributed by atoms with van der Waals surface area (Å²) >= 11 is 0. The zero-order chi connectivity index (χ0) is 15.7. The lowest BCUT2D eigenvalue weighted by Crippen LogP contribution is -2.28. The third-order valence-electron chi connectivity index (χ3n) is 2.46. The predicted octanol–water partition coefficient (Wildman–Crippen LogP) is -0.00890. The fourth-order valence-electron chi connectivity index (χ4n) is 1.43. The van der Waals surface area contributed by atoms with Crippen LogP contribution in [0.1, 0.15) is 6.42 Å². The number of amides is 1. The van der Waals surface area contributed by atoms with Crippen LogP contribution in [0.4, 0.5) is 17.5 Å². The molecule has 1 aromatic rings. The van der Waals surface area contributed by atoms with Gasteiger partial charge in [-0.05, 0) is 0 Å². The van der Waals surface area contributed by atoms with Crippen molar-refractivity contribution in [2.75, 3.05) is 44.5 Å². The molecule has 116 valence electrons. The summed E-state index contributed by atoms with van der Waals surface area (Å²) in [5.74, 6) is 0.154. The molecule has 0 spiro atoms. The van der Waals surface area contributed by atoms with E-state index in [-0.39, 0.29) is 36.3 Å². The van der Waals surface area contributed by atoms with Crippen LogP contribution >= 0.6 is 0 Å². The average Bonchev–Trinajstić information content (AvgIpc) is 2.47. The van der Waals surface area contributed by atoms with Gasteiger partial charge in [0.1, 0.15) is 6.20 Å². The molecule has 3 N–H and O–H groups in total. The molecule has 1 heterocycles. The minimum Gasteiger partial charge on any atom is -0.383 e. The Morgan fingerprint density at radius 1 is 1.48 bits per heavy atom. The van der Waals surface area contributed by atoms with Crippen LogP contribution < -0.4 is 16.0 Å². The molecular weight excluding hydrogens is 280 g/mol. The van der Waals surface area contributed by atoms with E-state index in [4.69, 9.17) is 4.74 Å². The second-order valence-corrected chi connectivity index (χ2v) is 3.95. The number of aromatic nitrogens is 2. The molecule has 10 heteroatoms. The minimum atomic E-state index is -0.583. The number of rotatable bonds is 9. The third kappa shape index (κ3) is 5.57. The van der Waals surface area contributed by atoms with Crippen LogP contribution in [-0.2, 0) is 9.53 Å². The summed E-state index contributed by atoms with van der Waals surface area (Å²) in [6.45, 7) is 1.08. The normalized spacial score (nSPS) is 10.0. The van der Waals surface area contributed by atoms with Gasteiger partial charge in [-0.15, -0.1) is 0 Å². The van der Waals surface area contributed by atoms with Crippen LogP contribution in [0.3, 0.4) is 0 Å². The lowest BCUT2D eigenvalue weighted by atomic mass is 10.3. The summed E-state index contributed by atoms with van der Waals surface area (Å²) in [7, 11) is 3.15. The number of anilines is 2. The number of carbonyl (C=O) groups excluding carboxylic acids is 1. The van der Waals surface area contributed by atoms with Crippen LogP contribution in [0.25, 0.3) is 0 Å². The highest BCUT2D eigenvalue weighted by Gasteiger charge is 2.16. The van der Waals surface area contributed by atoms with Crippen molar-refractivity contribution in [2.24, 2.45) is 0 Å². The van der Waals surface area contributed by atoms with Gasteiger partial charge in [0.15, 0.2) is 0 Å². The Bertz CT molecular complexity index is 496. The average molecular weight is 298 g/mol. The van der Waals surface area contributed by atoms with Crippen LogP contribution in [0.5, 0.6) is 0 Å². The molecule has 0 saturated carbocycles. The van der Waals surface area contributed by atoms with Crippen molar-refractivity contribution >= 4 is 23.4 Å². The third-order valence-corrected chi connectivity index (χ3v) is 2.46. The van der Waals surface area contributed by atoms with Gasteiger partial charge in [-0.25, -0.2) is 4.98 Å². The number of hydrogen-bond donors (Lipinski definition) is 3. The van der Waals surface area contributed by atoms with Crippen LogP contribution in [0.15, 0.2) is 6.20 Å². The molecule has 0 aliphatic rings. The standard InChI is InChI=1S/C11H18N6O4/c1-12-11-15-7-8(17(19)20)10(16-11)14-4-3-9(18)13-5-6-21-2/h7H,3-6H2,1-2H3,(H,13,18)(H2,12,14,15,16). The van der Waals surface area contributed by atoms with Crippen molar-refractivity contribution in [3.8, 4) is 0 Å². The van der Waals surface area contributed by atoms with Crippen LogP contribution in [-0.4, -0.2) is 54.7 Å². The van der Waals surface area contributed by atoms with Gasteiger partial charge < -0.3 is 20.7 Å². The van der Waals surface area contributed by atoms with Crippen molar-refractivity contribution in [2.45, 2.75) is 6.42 Å². The quantitative estimate of drug-likeness (QED) is 0.329. The number of nitrogens with one attached hydrogen (secondary N) is 3. The van der Waals surface area contributed by atoms with Gasteiger partial charge >= 0.3 is 5.69 Å². The Kier molecular flexibility index (Phi) is 6.81. The molecule has 1 aromatic heterocycles. The van der Waals surface area contributed by atoms with Gasteiger partial charge in [-0.2, -0.15) is 4.98 Å². The van der Waals surface area contributed by atoms with Gasteiger partial charge in [0.2, 0.25) is 17.7 Å². The highest BCUT2D eigenvalue weighted by Crippen LogP contribution is 2.21. The summed E-state index contributed by atoms with van der Waals surface area (Å²) in [6, 6.07) is 0. The molecule has 0 saturated heterocycles. The van der Waals surface area contributed by atoms with Crippen molar-refractivity contribution in [3.05, 3.63) is 16.3 Å². The van der Waals surface area contributed by atoms with E-state index in [0.29, 0.717) is 13.2 Å². The van der Waals surface area contributed by atoms with E-state index >= 15 is 0 Å². The van der Waals surface area contributed by atoms with Gasteiger partial charge in [0, 0.05) is 33.7 Å². The summed E-state index contributed by atoms with van der Waals surface area (Å²) in [5, 5.41) is 19.0. The van der Waals surface area contributed by atoms with Crippen molar-refractivity contribution in [1.29, 1.82) is 0 Å². The first-order valence-corrected chi connectivity index (χ1v) is 6.27. The maximum absolute atomic E-state index is 11.5. The second-order valence-electron chi connectivity index (χ2n) is 3.95. The molecule has 1 amide bonds. The zero-order valence-corrected chi connectivity index (χ0v) is 11.9. The predicted molar refractivity (Wildman–Crippen MR) is 76.2 cm³/mol. The largest absolute Gasteiger partial charge is 0.383 e. The lowest BCUT2D eigenvalue weighted by Gasteiger charge is -2.08. The zero-order valence-electron chi connectivity index (χ0n) is 11.9. The second kappa shape index (κ2) is 8.64. The molecule has 0 aromatic carbocycles. The van der Waals surface area contributed by atoms with E-state index in [1.165, 1.54) is 0 Å². The van der Waals surface area contributed by atoms with Gasteiger partial charge in [-0.1, -0.05) is 0 Å². The minimum absolute atomic E-state index is 0.0732. The molecule has 0 radical (unpaired) electrons. The van der Waals surface area contributed by atoms with E-state index in [1.54, 1.807) is 14.2 Å². The molecule has 0 aliphatic carbocycles. The van der Waals surface area contributed by atoms with Crippen molar-refractivity contribution in [3.63, 3.8) is 0 Å². The first-order chi connectivity index (χ1) is 10.1. The van der Waals surface area contributed by atoms with E-state index in [1.807, 2.05) is 0 Å². The summed E-state index contributed by atoms with van der Waals surface area (Å²) in [6.07, 6.45) is 1.28. The Hall–Kier alpha value is -2.49. The monoisotopic (exact) mass is 298 g/mol. The van der Waals surface area contributed by atoms with E-state index in [0.717, 1.165) is 6.20 Å². The Morgan fingerprint density at radius 2 is 2.24 bits per heavy atom. The maximum Gasteiger partial charge on any atom is 0.329 e. The summed E-state index contributed by atoms with van der Waals surface area (Å²) in [5.41, 5.74) is -0.242. The van der Waals surface area contributed by atoms with E-state index < -0.39 is 4.92 Å². The maximum atomic E-state index is 11.5. The summed E-state index contributed by atoms with van der Waals surface area (Å²) < 4.78 is 4.80. The van der Waals surface area contributed by atoms with Crippen molar-refractivity contribution < 1.29 is 14.5 Å². The number of nitrogens with zero attached hydrogens (tertiary/aromatic N) is 3. The molecule has 0 unspecified atom stereocenters. The smallest absolute Gasteiger partial charge is 0.329 e. The molecular formula is C11H18N6O4. The molecule has 21 heavy (non-hydrogen) atoms. The molecule has 1 rings (SSSR count). The van der Waals surface area contributed by atoms with Crippen molar-refractivity contribution in [1.82, 2.24) is 15.3 Å². The number of hydrogen-bond acceptors (Lipinski definition) is 8. The topological polar surface area (TPSA) is 131 Å². The number of carbonyl (C=O) groups is 1. The van der Waals surface area contributed by atoms with E-state index in [2.05, 4.69) is 25.9 Å². The van der Waals surface area contributed by atoms with Gasteiger partial charge in [0.05, 0.1) is 11.5 Å². The van der Waals surface area contributed by atoms with E-state index in [9.17, 15) is 14.9 Å². The number of ether oxygens (including phenoxy) is 1. The van der Waals surface area contributed by atoms with Gasteiger partial charge in [-0.3, -0.25) is 14.9 Å². The first-order valence-electron chi connectivity index (χ1n) is 6.27. The Balaban J connectivity index is 2.54. The molecule has 0 atom stereocenters.